The van der Waals surface area contributed by atoms with Gasteiger partial charge in [-0.05, 0) is 86.5 Å². The summed E-state index contributed by atoms with van der Waals surface area (Å²) in [5.74, 6) is 0. The van der Waals surface area contributed by atoms with Crippen molar-refractivity contribution in [2.24, 2.45) is 10.7 Å². The maximum Gasteiger partial charge on any atom is 0.109 e. The minimum absolute atomic E-state index is 0.659. The standard InChI is InChI=1S/C33H35N3S.C2H6.CH5N/c1-5-7-8-9-10-12-15-26(3)37-33(35-6-2)31-24-32(30-20-18-29(25-34)19-21-30)36(27(31)4)23-22-28-16-13-11-14-17-28;2*1-2/h6,8,10-11,13-21,24H,2,5,7,12,22-23H2,1,3-4H3;1-2H3;2H2,1H3/b26-15+,35-33?;;. The summed E-state index contributed by atoms with van der Waals surface area (Å²) in [6, 6.07) is 22.8. The van der Waals surface area contributed by atoms with Crippen LogP contribution in [0.2, 0.25) is 0 Å². The van der Waals surface area contributed by atoms with Gasteiger partial charge >= 0.3 is 0 Å². The van der Waals surface area contributed by atoms with Gasteiger partial charge in [0, 0.05) is 29.7 Å². The molecule has 0 bridgehead atoms. The normalized spacial score (nSPS) is 10.7. The van der Waals surface area contributed by atoms with E-state index in [1.165, 1.54) is 23.2 Å². The van der Waals surface area contributed by atoms with Crippen LogP contribution in [0.25, 0.3) is 11.3 Å². The van der Waals surface area contributed by atoms with E-state index in [4.69, 9.17) is 0 Å². The third kappa shape index (κ3) is 11.7. The number of thioether (sulfide) groups is 1. The van der Waals surface area contributed by atoms with Gasteiger partial charge in [0.25, 0.3) is 0 Å². The van der Waals surface area contributed by atoms with Crippen molar-refractivity contribution in [2.45, 2.75) is 66.8 Å². The van der Waals surface area contributed by atoms with Crippen LogP contribution in [0.15, 0.2) is 107 Å². The van der Waals surface area contributed by atoms with Gasteiger partial charge in [0.15, 0.2) is 0 Å². The van der Waals surface area contributed by atoms with Gasteiger partial charge in [-0.15, -0.1) is 5.73 Å². The molecule has 0 aliphatic rings. The van der Waals surface area contributed by atoms with Crippen LogP contribution in [0, 0.1) is 18.3 Å². The van der Waals surface area contributed by atoms with Crippen LogP contribution in [0.5, 0.6) is 0 Å². The fourth-order valence-corrected chi connectivity index (χ4v) is 4.95. The zero-order valence-electron chi connectivity index (χ0n) is 25.7. The summed E-state index contributed by atoms with van der Waals surface area (Å²) in [6.45, 7) is 15.2. The summed E-state index contributed by atoms with van der Waals surface area (Å²) >= 11 is 1.67. The van der Waals surface area contributed by atoms with E-state index in [2.05, 4.69) is 103 Å². The van der Waals surface area contributed by atoms with Crippen LogP contribution in [-0.2, 0) is 13.0 Å². The molecule has 3 aromatic rings. The fraction of sp³-hybridized carbons (Fsp3) is 0.306. The summed E-state index contributed by atoms with van der Waals surface area (Å²) in [4.78, 5) is 5.86. The largest absolute Gasteiger partial charge is 0.344 e. The molecule has 1 heterocycles. The number of aryl methyl sites for hydroxylation is 1. The number of aliphatic imine (C=N–C) groups is 1. The predicted octanol–water partition coefficient (Wildman–Crippen LogP) is 9.61. The Morgan fingerprint density at radius 3 is 2.37 bits per heavy atom. The summed E-state index contributed by atoms with van der Waals surface area (Å²) in [5.41, 5.74) is 14.2. The molecule has 216 valence electrons. The van der Waals surface area contributed by atoms with Crippen molar-refractivity contribution in [3.05, 3.63) is 125 Å². The Hall–Kier alpha value is -3.81. The molecule has 1 aromatic heterocycles. The van der Waals surface area contributed by atoms with Crippen molar-refractivity contribution in [2.75, 3.05) is 7.05 Å². The highest BCUT2D eigenvalue weighted by Crippen LogP contribution is 2.32. The number of nitrogens with zero attached hydrogens (tertiary/aromatic N) is 3. The van der Waals surface area contributed by atoms with Crippen LogP contribution in [-0.4, -0.2) is 16.7 Å². The van der Waals surface area contributed by atoms with Crippen molar-refractivity contribution in [1.82, 2.24) is 4.57 Å². The number of nitrogens with two attached hydrogens (primary N) is 1. The van der Waals surface area contributed by atoms with Gasteiger partial charge in [0.2, 0.25) is 0 Å². The molecule has 0 aliphatic carbocycles. The highest BCUT2D eigenvalue weighted by atomic mass is 32.2. The Labute approximate surface area is 252 Å². The Morgan fingerprint density at radius 2 is 1.76 bits per heavy atom. The summed E-state index contributed by atoms with van der Waals surface area (Å²) in [5, 5.41) is 10.2. The molecule has 3 rings (SSSR count). The predicted molar refractivity (Wildman–Crippen MR) is 181 cm³/mol. The second-order valence-corrected chi connectivity index (χ2v) is 9.97. The molecule has 5 heteroatoms. The zero-order chi connectivity index (χ0) is 30.5. The average Bonchev–Trinajstić information content (AvgIpc) is 3.35. The third-order valence-corrected chi connectivity index (χ3v) is 7.04. The van der Waals surface area contributed by atoms with Crippen molar-refractivity contribution in [3.8, 4) is 17.3 Å². The maximum absolute atomic E-state index is 9.25. The molecule has 0 saturated carbocycles. The van der Waals surface area contributed by atoms with E-state index >= 15 is 0 Å². The number of hydrogen-bond acceptors (Lipinski definition) is 4. The molecule has 0 radical (unpaired) electrons. The molecule has 0 spiro atoms. The lowest BCUT2D eigenvalue weighted by molar-refractivity contribution is 0.688. The van der Waals surface area contributed by atoms with E-state index in [1.54, 1.807) is 18.0 Å². The van der Waals surface area contributed by atoms with Crippen molar-refractivity contribution >= 4 is 16.8 Å². The third-order valence-electron chi connectivity index (χ3n) is 6.03. The van der Waals surface area contributed by atoms with Crippen LogP contribution >= 0.6 is 11.8 Å². The Kier molecular flexibility index (Phi) is 18.0. The first-order chi connectivity index (χ1) is 20.1. The summed E-state index contributed by atoms with van der Waals surface area (Å²) in [7, 11) is 1.50. The van der Waals surface area contributed by atoms with Gasteiger partial charge in [-0.1, -0.05) is 94.1 Å². The molecule has 0 amide bonds. The number of hydrogen-bond donors (Lipinski definition) is 1. The molecule has 2 N–H and O–H groups in total. The number of allylic oxidation sites excluding steroid dienone is 3. The van der Waals surface area contributed by atoms with E-state index in [0.717, 1.165) is 54.1 Å². The Balaban J connectivity index is 0.00000201. The van der Waals surface area contributed by atoms with E-state index in [-0.39, 0.29) is 0 Å². The first kappa shape index (κ1) is 35.2. The number of unbranched alkanes of at least 4 members (excludes halogenated alkanes) is 1. The second-order valence-electron chi connectivity index (χ2n) is 8.74. The topological polar surface area (TPSA) is 67.1 Å². The molecule has 41 heavy (non-hydrogen) atoms. The minimum Gasteiger partial charge on any atom is -0.344 e. The summed E-state index contributed by atoms with van der Waals surface area (Å²) < 4.78 is 2.36. The van der Waals surface area contributed by atoms with Crippen LogP contribution < -0.4 is 5.73 Å². The highest BCUT2D eigenvalue weighted by molar-refractivity contribution is 8.17. The zero-order valence-corrected chi connectivity index (χ0v) is 26.5. The lowest BCUT2D eigenvalue weighted by Gasteiger charge is -2.13. The molecule has 0 unspecified atom stereocenters. The molecule has 0 atom stereocenters. The van der Waals surface area contributed by atoms with E-state index in [0.29, 0.717) is 5.56 Å². The molecule has 0 fully saturated rings. The van der Waals surface area contributed by atoms with E-state index < -0.39 is 0 Å². The van der Waals surface area contributed by atoms with Gasteiger partial charge in [-0.25, -0.2) is 4.99 Å². The lowest BCUT2D eigenvalue weighted by Crippen LogP contribution is -2.07. The van der Waals surface area contributed by atoms with Crippen LogP contribution in [0.1, 0.15) is 69.3 Å². The average molecular weight is 567 g/mol. The second kappa shape index (κ2) is 21.0. The first-order valence-electron chi connectivity index (χ1n) is 14.3. The van der Waals surface area contributed by atoms with Crippen molar-refractivity contribution < 1.29 is 0 Å². The van der Waals surface area contributed by atoms with Gasteiger partial charge in [-0.2, -0.15) is 5.26 Å². The molecule has 0 aliphatic heterocycles. The van der Waals surface area contributed by atoms with Gasteiger partial charge < -0.3 is 10.3 Å². The monoisotopic (exact) mass is 566 g/mol. The van der Waals surface area contributed by atoms with Crippen LogP contribution in [0.4, 0.5) is 0 Å². The van der Waals surface area contributed by atoms with E-state index in [9.17, 15) is 5.26 Å². The van der Waals surface area contributed by atoms with Crippen molar-refractivity contribution in [1.29, 1.82) is 5.26 Å². The number of aromatic nitrogens is 1. The SMILES string of the molecule is C=CN=C(S/C(C)=C/CC=C=CCCC)c1cc(-c2ccc(C#N)cc2)n(CCc2ccccc2)c1C.CC.CN. The number of nitriles is 1. The van der Waals surface area contributed by atoms with Gasteiger partial charge in [0.05, 0.1) is 11.6 Å². The highest BCUT2D eigenvalue weighted by Gasteiger charge is 2.18. The van der Waals surface area contributed by atoms with E-state index in [1.807, 2.05) is 44.2 Å². The Morgan fingerprint density at radius 1 is 1.07 bits per heavy atom. The molecular weight excluding hydrogens is 520 g/mol. The van der Waals surface area contributed by atoms with Crippen molar-refractivity contribution in [3.63, 3.8) is 0 Å². The number of benzene rings is 2. The maximum atomic E-state index is 9.25. The lowest BCUT2D eigenvalue weighted by atomic mass is 10.1. The Bertz CT molecular complexity index is 1350. The molecule has 2 aromatic carbocycles. The van der Waals surface area contributed by atoms with Gasteiger partial charge in [0.1, 0.15) is 5.04 Å². The van der Waals surface area contributed by atoms with Gasteiger partial charge in [-0.3, -0.25) is 0 Å². The molecule has 4 nitrogen and oxygen atoms in total. The number of rotatable bonds is 11. The molecular formula is C36H46N4S. The summed E-state index contributed by atoms with van der Waals surface area (Å²) in [6.07, 6.45) is 12.0. The smallest absolute Gasteiger partial charge is 0.109 e. The fourth-order valence-electron chi connectivity index (χ4n) is 4.02. The molecule has 0 saturated heterocycles. The quantitative estimate of drug-likeness (QED) is 0.143. The minimum atomic E-state index is 0.659. The van der Waals surface area contributed by atoms with Crippen LogP contribution in [0.3, 0.4) is 0 Å². The first-order valence-corrected chi connectivity index (χ1v) is 15.1.